The smallest absolute Gasteiger partial charge is 0.125 e. The second kappa shape index (κ2) is 5.65. The van der Waals surface area contributed by atoms with Gasteiger partial charge in [-0.2, -0.15) is 0 Å². The summed E-state index contributed by atoms with van der Waals surface area (Å²) in [5.41, 5.74) is 3.38. The first-order chi connectivity index (χ1) is 11.3. The van der Waals surface area contributed by atoms with Crippen molar-refractivity contribution in [1.29, 1.82) is 0 Å². The van der Waals surface area contributed by atoms with E-state index in [1.165, 1.54) is 11.1 Å². The fraction of sp³-hybridized carbons (Fsp3) is 0.105. The molecule has 112 valence electrons. The highest BCUT2D eigenvalue weighted by Gasteiger charge is 2.16. The fourth-order valence-corrected chi connectivity index (χ4v) is 2.91. The summed E-state index contributed by atoms with van der Waals surface area (Å²) in [7, 11) is 0. The average Bonchev–Trinajstić information content (AvgIpc) is 3.10. The third-order valence-corrected chi connectivity index (χ3v) is 3.98. The first kappa shape index (κ1) is 13.6. The summed E-state index contributed by atoms with van der Waals surface area (Å²) in [6.07, 6.45) is 7.54. The number of aryl methyl sites for hydroxylation is 1. The summed E-state index contributed by atoms with van der Waals surface area (Å²) in [5, 5.41) is 1.05. The van der Waals surface area contributed by atoms with E-state index in [9.17, 15) is 0 Å². The zero-order valence-electron chi connectivity index (χ0n) is 12.8. The minimum atomic E-state index is 0.0874. The summed E-state index contributed by atoms with van der Waals surface area (Å²) in [5.74, 6) is 0.791. The van der Waals surface area contributed by atoms with E-state index in [1.807, 2.05) is 37.9 Å². The van der Waals surface area contributed by atoms with Gasteiger partial charge in [-0.15, -0.1) is 0 Å². The lowest BCUT2D eigenvalue weighted by Crippen LogP contribution is -2.10. The fourth-order valence-electron chi connectivity index (χ4n) is 2.91. The van der Waals surface area contributed by atoms with E-state index in [4.69, 9.17) is 0 Å². The number of nitrogens with zero attached hydrogens (tertiary/aromatic N) is 4. The topological polar surface area (TPSA) is 43.6 Å². The van der Waals surface area contributed by atoms with Crippen LogP contribution < -0.4 is 0 Å². The van der Waals surface area contributed by atoms with Gasteiger partial charge in [0.1, 0.15) is 5.82 Å². The van der Waals surface area contributed by atoms with Gasteiger partial charge in [0.15, 0.2) is 0 Å². The Hall–Kier alpha value is -3.01. The summed E-state index contributed by atoms with van der Waals surface area (Å²) in [6.45, 7) is 1.91. The summed E-state index contributed by atoms with van der Waals surface area (Å²) in [6, 6.07) is 16.9. The third-order valence-electron chi connectivity index (χ3n) is 3.98. The van der Waals surface area contributed by atoms with E-state index in [2.05, 4.69) is 62.0 Å². The minimum Gasteiger partial charge on any atom is -0.326 e. The van der Waals surface area contributed by atoms with Crippen LogP contribution in [0, 0.1) is 6.92 Å². The number of rotatable bonds is 3. The SMILES string of the molecule is Cc1ncc2cc(C(c3ccccc3)n3ccnc3)ccc2n1. The highest BCUT2D eigenvalue weighted by molar-refractivity contribution is 5.78. The molecule has 4 nitrogen and oxygen atoms in total. The van der Waals surface area contributed by atoms with Crippen LogP contribution in [0.15, 0.2) is 73.4 Å². The molecule has 0 aliphatic heterocycles. The van der Waals surface area contributed by atoms with Crippen LogP contribution in [0.25, 0.3) is 10.9 Å². The summed E-state index contributed by atoms with van der Waals surface area (Å²) in [4.78, 5) is 13.0. The standard InChI is InChI=1S/C19H16N4/c1-14-21-12-17-11-16(7-8-18(17)22-14)19(23-10-9-20-13-23)15-5-3-2-4-6-15/h2-13,19H,1H3. The van der Waals surface area contributed by atoms with Crippen molar-refractivity contribution in [2.45, 2.75) is 13.0 Å². The Morgan fingerprint density at radius 2 is 1.87 bits per heavy atom. The van der Waals surface area contributed by atoms with E-state index >= 15 is 0 Å². The summed E-state index contributed by atoms with van der Waals surface area (Å²) >= 11 is 0. The highest BCUT2D eigenvalue weighted by atomic mass is 15.1. The van der Waals surface area contributed by atoms with Gasteiger partial charge >= 0.3 is 0 Å². The quantitative estimate of drug-likeness (QED) is 0.578. The average molecular weight is 300 g/mol. The van der Waals surface area contributed by atoms with Gasteiger partial charge in [-0.3, -0.25) is 0 Å². The molecule has 0 N–H and O–H groups in total. The molecule has 0 saturated heterocycles. The first-order valence-corrected chi connectivity index (χ1v) is 7.57. The Labute approximate surface area is 134 Å². The number of imidazole rings is 1. The lowest BCUT2D eigenvalue weighted by Gasteiger charge is -2.20. The number of benzene rings is 2. The molecule has 2 aromatic heterocycles. The van der Waals surface area contributed by atoms with Gasteiger partial charge in [0, 0.05) is 24.0 Å². The lowest BCUT2D eigenvalue weighted by molar-refractivity contribution is 0.677. The van der Waals surface area contributed by atoms with Crippen LogP contribution in [0.5, 0.6) is 0 Å². The van der Waals surface area contributed by atoms with Gasteiger partial charge in [0.2, 0.25) is 0 Å². The molecule has 23 heavy (non-hydrogen) atoms. The maximum Gasteiger partial charge on any atom is 0.125 e. The molecule has 2 aromatic carbocycles. The van der Waals surface area contributed by atoms with Crippen molar-refractivity contribution in [3.63, 3.8) is 0 Å². The second-order valence-corrected chi connectivity index (χ2v) is 5.56. The van der Waals surface area contributed by atoms with Crippen LogP contribution in [-0.2, 0) is 0 Å². The maximum atomic E-state index is 4.48. The van der Waals surface area contributed by atoms with E-state index in [0.29, 0.717) is 0 Å². The van der Waals surface area contributed by atoms with Crippen molar-refractivity contribution >= 4 is 10.9 Å². The molecule has 2 heterocycles. The molecule has 0 bridgehead atoms. The molecule has 0 amide bonds. The molecule has 0 radical (unpaired) electrons. The molecular weight excluding hydrogens is 284 g/mol. The van der Waals surface area contributed by atoms with Crippen molar-refractivity contribution in [3.05, 3.63) is 90.4 Å². The lowest BCUT2D eigenvalue weighted by atomic mass is 9.97. The highest BCUT2D eigenvalue weighted by Crippen LogP contribution is 2.28. The number of hydrogen-bond acceptors (Lipinski definition) is 3. The molecule has 0 aliphatic carbocycles. The van der Waals surface area contributed by atoms with Gasteiger partial charge < -0.3 is 4.57 Å². The molecule has 1 atom stereocenters. The van der Waals surface area contributed by atoms with Crippen molar-refractivity contribution in [1.82, 2.24) is 19.5 Å². The minimum absolute atomic E-state index is 0.0874. The molecule has 4 heteroatoms. The molecule has 0 aliphatic rings. The van der Waals surface area contributed by atoms with Crippen LogP contribution in [0.1, 0.15) is 23.0 Å². The van der Waals surface area contributed by atoms with Gasteiger partial charge in [-0.25, -0.2) is 15.0 Å². The van der Waals surface area contributed by atoms with Crippen molar-refractivity contribution in [2.24, 2.45) is 0 Å². The van der Waals surface area contributed by atoms with Gasteiger partial charge in [-0.1, -0.05) is 36.4 Å². The van der Waals surface area contributed by atoms with Crippen molar-refractivity contribution in [2.75, 3.05) is 0 Å². The largest absolute Gasteiger partial charge is 0.326 e. The van der Waals surface area contributed by atoms with Crippen LogP contribution in [-0.4, -0.2) is 19.5 Å². The third kappa shape index (κ3) is 2.59. The van der Waals surface area contributed by atoms with E-state index in [1.54, 1.807) is 0 Å². The second-order valence-electron chi connectivity index (χ2n) is 5.56. The van der Waals surface area contributed by atoms with E-state index < -0.39 is 0 Å². The Morgan fingerprint density at radius 1 is 1.00 bits per heavy atom. The van der Waals surface area contributed by atoms with Gasteiger partial charge in [0.25, 0.3) is 0 Å². The molecule has 4 aromatic rings. The zero-order valence-corrected chi connectivity index (χ0v) is 12.8. The van der Waals surface area contributed by atoms with Crippen molar-refractivity contribution in [3.8, 4) is 0 Å². The van der Waals surface area contributed by atoms with Crippen LogP contribution in [0.4, 0.5) is 0 Å². The monoisotopic (exact) mass is 300 g/mol. The molecule has 0 fully saturated rings. The predicted octanol–water partition coefficient (Wildman–Crippen LogP) is 3.77. The Balaban J connectivity index is 1.88. The van der Waals surface area contributed by atoms with E-state index in [0.717, 1.165) is 16.7 Å². The Morgan fingerprint density at radius 3 is 2.65 bits per heavy atom. The summed E-state index contributed by atoms with van der Waals surface area (Å²) < 4.78 is 2.12. The number of aromatic nitrogens is 4. The normalized spacial score (nSPS) is 12.4. The number of hydrogen-bond donors (Lipinski definition) is 0. The molecule has 0 saturated carbocycles. The molecule has 0 spiro atoms. The molecule has 1 unspecified atom stereocenters. The van der Waals surface area contributed by atoms with Gasteiger partial charge in [-0.05, 0) is 30.2 Å². The van der Waals surface area contributed by atoms with E-state index in [-0.39, 0.29) is 6.04 Å². The maximum absolute atomic E-state index is 4.48. The van der Waals surface area contributed by atoms with Gasteiger partial charge in [0.05, 0.1) is 17.9 Å². The van der Waals surface area contributed by atoms with Crippen LogP contribution in [0.3, 0.4) is 0 Å². The Kier molecular flexibility index (Phi) is 3.35. The Bertz CT molecular complexity index is 930. The number of fused-ring (bicyclic) bond motifs is 1. The zero-order chi connectivity index (χ0) is 15.6. The van der Waals surface area contributed by atoms with Crippen LogP contribution >= 0.6 is 0 Å². The van der Waals surface area contributed by atoms with Crippen molar-refractivity contribution < 1.29 is 0 Å². The van der Waals surface area contributed by atoms with Crippen LogP contribution in [0.2, 0.25) is 0 Å². The predicted molar refractivity (Wildman–Crippen MR) is 90.2 cm³/mol. The molecular formula is C19H16N4. The first-order valence-electron chi connectivity index (χ1n) is 7.57. The molecule has 4 rings (SSSR count).